The molecule has 2 rings (SSSR count). The van der Waals surface area contributed by atoms with Crippen molar-refractivity contribution in [3.05, 3.63) is 35.5 Å². The molecule has 0 spiro atoms. The normalized spacial score (nSPS) is 11.5. The van der Waals surface area contributed by atoms with Gasteiger partial charge in [0.1, 0.15) is 22.4 Å². The fourth-order valence-electron chi connectivity index (χ4n) is 1.82. The van der Waals surface area contributed by atoms with Crippen LogP contribution in [0.15, 0.2) is 34.3 Å². The van der Waals surface area contributed by atoms with Crippen LogP contribution in [0.2, 0.25) is 0 Å². The lowest BCUT2D eigenvalue weighted by Crippen LogP contribution is -2.30. The third-order valence-corrected chi connectivity index (χ3v) is 6.16. The molecule has 122 valence electrons. The summed E-state index contributed by atoms with van der Waals surface area (Å²) in [4.78, 5) is 0.738. The molecular weight excluding hydrogens is 336 g/mol. The molecule has 0 unspecified atom stereocenters. The van der Waals surface area contributed by atoms with Gasteiger partial charge in [-0.05, 0) is 18.6 Å². The Bertz CT molecular complexity index is 867. The number of ether oxygens (including phenoxy) is 1. The van der Waals surface area contributed by atoms with E-state index in [1.165, 1.54) is 27.4 Å². The number of nitrogens with zero attached hydrogens (tertiary/aromatic N) is 4. The molecule has 0 bridgehead atoms. The van der Waals surface area contributed by atoms with E-state index < -0.39 is 10.2 Å². The molecule has 1 aromatic heterocycles. The minimum atomic E-state index is -3.82. The number of nitriles is 1. The fraction of sp³-hybridized carbons (Fsp3) is 0.286. The summed E-state index contributed by atoms with van der Waals surface area (Å²) in [5.41, 5.74) is 1.10. The van der Waals surface area contributed by atoms with Crippen LogP contribution in [-0.4, -0.2) is 43.1 Å². The van der Waals surface area contributed by atoms with Crippen LogP contribution in [0.3, 0.4) is 0 Å². The van der Waals surface area contributed by atoms with Crippen molar-refractivity contribution in [1.82, 2.24) is 13.5 Å². The molecular formula is C14H16N4O3S2. The van der Waals surface area contributed by atoms with Gasteiger partial charge >= 0.3 is 10.2 Å². The van der Waals surface area contributed by atoms with Crippen LogP contribution in [-0.2, 0) is 10.2 Å². The molecule has 1 heterocycles. The maximum absolute atomic E-state index is 12.4. The van der Waals surface area contributed by atoms with Crippen molar-refractivity contribution in [1.29, 1.82) is 5.26 Å². The van der Waals surface area contributed by atoms with E-state index in [9.17, 15) is 13.7 Å². The lowest BCUT2D eigenvalue weighted by atomic mass is 10.2. The molecule has 0 fully saturated rings. The SMILES string of the molecule is COc1cccc(C)c1Sc1c(C#N)cnn1S(=O)(=O)N(C)C. The van der Waals surface area contributed by atoms with Gasteiger partial charge in [0, 0.05) is 14.1 Å². The summed E-state index contributed by atoms with van der Waals surface area (Å²) in [6.07, 6.45) is 1.24. The number of rotatable bonds is 5. The van der Waals surface area contributed by atoms with E-state index in [2.05, 4.69) is 5.10 Å². The standard InChI is InChI=1S/C14H16N4O3S2/c1-10-6-5-7-12(21-4)13(10)22-14-11(8-15)9-16-18(14)23(19,20)17(2)3/h5-7,9H,1-4H3. The second kappa shape index (κ2) is 6.62. The molecule has 23 heavy (non-hydrogen) atoms. The Morgan fingerprint density at radius 3 is 2.65 bits per heavy atom. The summed E-state index contributed by atoms with van der Waals surface area (Å²) in [7, 11) is 0.534. The van der Waals surface area contributed by atoms with Crippen molar-refractivity contribution in [2.24, 2.45) is 0 Å². The van der Waals surface area contributed by atoms with E-state index >= 15 is 0 Å². The van der Waals surface area contributed by atoms with Gasteiger partial charge in [0.2, 0.25) is 0 Å². The molecule has 1 aromatic carbocycles. The van der Waals surface area contributed by atoms with Gasteiger partial charge in [-0.3, -0.25) is 0 Å². The van der Waals surface area contributed by atoms with Crippen molar-refractivity contribution in [3.63, 3.8) is 0 Å². The van der Waals surface area contributed by atoms with E-state index in [1.807, 2.05) is 25.1 Å². The van der Waals surface area contributed by atoms with Crippen LogP contribution in [0, 0.1) is 18.3 Å². The average molecular weight is 352 g/mol. The van der Waals surface area contributed by atoms with E-state index in [4.69, 9.17) is 4.74 Å². The summed E-state index contributed by atoms with van der Waals surface area (Å²) < 4.78 is 32.0. The van der Waals surface area contributed by atoms with Crippen LogP contribution in [0.1, 0.15) is 11.1 Å². The maximum atomic E-state index is 12.4. The summed E-state index contributed by atoms with van der Waals surface area (Å²) in [6, 6.07) is 7.49. The Balaban J connectivity index is 2.62. The zero-order chi connectivity index (χ0) is 17.2. The number of hydrogen-bond acceptors (Lipinski definition) is 6. The summed E-state index contributed by atoms with van der Waals surface area (Å²) in [5.74, 6) is 0.605. The maximum Gasteiger partial charge on any atom is 0.323 e. The van der Waals surface area contributed by atoms with Gasteiger partial charge in [-0.15, -0.1) is 4.09 Å². The molecule has 0 aliphatic heterocycles. The topological polar surface area (TPSA) is 88.2 Å². The molecule has 0 amide bonds. The number of aromatic nitrogens is 2. The highest BCUT2D eigenvalue weighted by atomic mass is 32.2. The third-order valence-electron chi connectivity index (χ3n) is 3.09. The molecule has 0 atom stereocenters. The van der Waals surface area contributed by atoms with Crippen molar-refractivity contribution >= 4 is 22.0 Å². The average Bonchev–Trinajstić information content (AvgIpc) is 2.92. The van der Waals surface area contributed by atoms with E-state index in [-0.39, 0.29) is 10.6 Å². The minimum absolute atomic E-state index is 0.186. The molecule has 0 aliphatic rings. The Labute approximate surface area is 139 Å². The van der Waals surface area contributed by atoms with Crippen LogP contribution < -0.4 is 4.74 Å². The molecule has 0 saturated carbocycles. The third kappa shape index (κ3) is 3.19. The van der Waals surface area contributed by atoms with Crippen LogP contribution in [0.5, 0.6) is 5.75 Å². The number of hydrogen-bond donors (Lipinski definition) is 0. The first-order valence-electron chi connectivity index (χ1n) is 6.55. The molecule has 0 aliphatic carbocycles. The van der Waals surface area contributed by atoms with E-state index in [1.54, 1.807) is 6.07 Å². The highest BCUT2D eigenvalue weighted by molar-refractivity contribution is 8.00. The van der Waals surface area contributed by atoms with Crippen molar-refractivity contribution < 1.29 is 13.2 Å². The second-order valence-corrected chi connectivity index (χ2v) is 7.79. The van der Waals surface area contributed by atoms with Gasteiger partial charge in [0.15, 0.2) is 0 Å². The van der Waals surface area contributed by atoms with Crippen molar-refractivity contribution in [2.45, 2.75) is 16.8 Å². The number of benzene rings is 1. The second-order valence-electron chi connectivity index (χ2n) is 4.82. The highest BCUT2D eigenvalue weighted by Gasteiger charge is 2.25. The lowest BCUT2D eigenvalue weighted by molar-refractivity contribution is 0.404. The zero-order valence-electron chi connectivity index (χ0n) is 13.1. The van der Waals surface area contributed by atoms with Crippen molar-refractivity contribution in [3.8, 4) is 11.8 Å². The summed E-state index contributed by atoms with van der Waals surface area (Å²) in [6.45, 7) is 1.89. The predicted octanol–water partition coefficient (Wildman–Crippen LogP) is 1.88. The van der Waals surface area contributed by atoms with Crippen LogP contribution in [0.25, 0.3) is 0 Å². The van der Waals surface area contributed by atoms with Crippen LogP contribution in [0.4, 0.5) is 0 Å². The molecule has 2 aromatic rings. The smallest absolute Gasteiger partial charge is 0.323 e. The van der Waals surface area contributed by atoms with Gasteiger partial charge in [-0.2, -0.15) is 23.1 Å². The van der Waals surface area contributed by atoms with Gasteiger partial charge in [-0.25, -0.2) is 0 Å². The fourth-order valence-corrected chi connectivity index (χ4v) is 4.01. The molecule has 0 N–H and O–H groups in total. The van der Waals surface area contributed by atoms with Gasteiger partial charge in [0.05, 0.1) is 18.2 Å². The first-order valence-corrected chi connectivity index (χ1v) is 8.77. The number of aryl methyl sites for hydroxylation is 1. The Kier molecular flexibility index (Phi) is 4.99. The molecule has 9 heteroatoms. The number of methoxy groups -OCH3 is 1. The lowest BCUT2D eigenvalue weighted by Gasteiger charge is -2.15. The van der Waals surface area contributed by atoms with E-state index in [0.29, 0.717) is 5.75 Å². The predicted molar refractivity (Wildman–Crippen MR) is 86.8 cm³/mol. The minimum Gasteiger partial charge on any atom is -0.496 e. The molecule has 0 saturated heterocycles. The van der Waals surface area contributed by atoms with Crippen molar-refractivity contribution in [2.75, 3.05) is 21.2 Å². The van der Waals surface area contributed by atoms with Gasteiger partial charge in [0.25, 0.3) is 0 Å². The first kappa shape index (κ1) is 17.3. The van der Waals surface area contributed by atoms with E-state index in [0.717, 1.165) is 30.6 Å². The molecule has 7 nitrogen and oxygen atoms in total. The Morgan fingerprint density at radius 1 is 1.39 bits per heavy atom. The van der Waals surface area contributed by atoms with Gasteiger partial charge < -0.3 is 4.74 Å². The van der Waals surface area contributed by atoms with Gasteiger partial charge in [-0.1, -0.05) is 23.9 Å². The summed E-state index contributed by atoms with van der Waals surface area (Å²) >= 11 is 1.14. The Hall–Kier alpha value is -2.02. The first-order chi connectivity index (χ1) is 10.8. The zero-order valence-corrected chi connectivity index (χ0v) is 14.8. The Morgan fingerprint density at radius 2 is 2.09 bits per heavy atom. The monoisotopic (exact) mass is 352 g/mol. The highest BCUT2D eigenvalue weighted by Crippen LogP contribution is 2.39. The largest absolute Gasteiger partial charge is 0.496 e. The summed E-state index contributed by atoms with van der Waals surface area (Å²) in [5, 5.41) is 13.3. The van der Waals surface area contributed by atoms with Crippen LogP contribution >= 0.6 is 11.8 Å². The molecule has 0 radical (unpaired) electrons. The quantitative estimate of drug-likeness (QED) is 0.816.